The third-order valence-electron chi connectivity index (χ3n) is 4.89. The highest BCUT2D eigenvalue weighted by Crippen LogP contribution is 2.18. The van der Waals surface area contributed by atoms with Gasteiger partial charge in [-0.3, -0.25) is 0 Å². The van der Waals surface area contributed by atoms with Crippen molar-refractivity contribution in [2.75, 3.05) is 13.2 Å². The number of carboxylic acids is 4. The van der Waals surface area contributed by atoms with Crippen molar-refractivity contribution in [2.45, 2.75) is 52.4 Å². The van der Waals surface area contributed by atoms with Crippen LogP contribution in [0.2, 0.25) is 0 Å². The van der Waals surface area contributed by atoms with Crippen LogP contribution in [0.1, 0.15) is 92.1 Å². The van der Waals surface area contributed by atoms with Crippen molar-refractivity contribution < 1.29 is 49.8 Å². The van der Waals surface area contributed by atoms with Crippen LogP contribution in [0.4, 0.5) is 0 Å². The Morgan fingerprint density at radius 3 is 1.14 bits per heavy atom. The van der Waals surface area contributed by atoms with Crippen LogP contribution in [-0.4, -0.2) is 67.7 Å². The molecule has 2 aromatic rings. The molecular weight excluding hydrogens is 472 g/mol. The van der Waals surface area contributed by atoms with E-state index in [9.17, 15) is 19.2 Å². The highest BCUT2D eigenvalue weighted by atomic mass is 16.4. The van der Waals surface area contributed by atoms with Gasteiger partial charge in [0.05, 0.1) is 35.5 Å². The summed E-state index contributed by atoms with van der Waals surface area (Å²) in [7, 11) is 0. The summed E-state index contributed by atoms with van der Waals surface area (Å²) in [5.41, 5.74) is 0.748. The van der Waals surface area contributed by atoms with Gasteiger partial charge in [-0.25, -0.2) is 19.2 Å². The second-order valence-corrected chi connectivity index (χ2v) is 7.55. The van der Waals surface area contributed by atoms with Crippen LogP contribution in [0.5, 0.6) is 0 Å². The number of carboxylic acid groups (broad SMARTS) is 4. The minimum Gasteiger partial charge on any atom is -0.478 e. The number of unbranched alkanes of at least 4 members (excludes halogenated alkanes) is 2. The average molecular weight is 507 g/mol. The van der Waals surface area contributed by atoms with E-state index in [1.165, 1.54) is 12.1 Å². The number of aromatic carboxylic acids is 4. The minimum atomic E-state index is -1.20. The van der Waals surface area contributed by atoms with Gasteiger partial charge < -0.3 is 30.6 Å². The normalized spacial score (nSPS) is 9.78. The van der Waals surface area contributed by atoms with Crippen molar-refractivity contribution in [3.8, 4) is 0 Å². The van der Waals surface area contributed by atoms with Crippen molar-refractivity contribution in [2.24, 2.45) is 0 Å². The highest BCUT2D eigenvalue weighted by Gasteiger charge is 2.20. The first-order chi connectivity index (χ1) is 17.1. The molecule has 6 N–H and O–H groups in total. The Kier molecular flexibility index (Phi) is 15.8. The lowest BCUT2D eigenvalue weighted by Crippen LogP contribution is -2.11. The zero-order chi connectivity index (χ0) is 27.7. The minimum absolute atomic E-state index is 0.0801. The summed E-state index contributed by atoms with van der Waals surface area (Å²) in [6.45, 7) is 3.75. The van der Waals surface area contributed by atoms with E-state index in [0.717, 1.165) is 25.7 Å². The first-order valence-corrected chi connectivity index (χ1v) is 11.5. The SMILES string of the molecule is CCCCc1cccc(C(=O)O)c1C(=O)O.CCCCc1cccc(C(=O)O)c1C(=O)O.OCCO. The van der Waals surface area contributed by atoms with Gasteiger partial charge in [-0.1, -0.05) is 51.0 Å². The lowest BCUT2D eigenvalue weighted by molar-refractivity contribution is 0.0650. The number of rotatable bonds is 11. The fourth-order valence-electron chi connectivity index (χ4n) is 3.21. The number of hydrogen-bond acceptors (Lipinski definition) is 6. The Hall–Kier alpha value is -3.76. The third-order valence-corrected chi connectivity index (χ3v) is 4.89. The molecule has 0 aliphatic heterocycles. The topological polar surface area (TPSA) is 190 Å². The van der Waals surface area contributed by atoms with E-state index < -0.39 is 23.9 Å². The van der Waals surface area contributed by atoms with Crippen molar-refractivity contribution in [1.29, 1.82) is 0 Å². The van der Waals surface area contributed by atoms with Gasteiger partial charge in [0.1, 0.15) is 0 Å². The predicted molar refractivity (Wildman–Crippen MR) is 132 cm³/mol. The van der Waals surface area contributed by atoms with Crippen LogP contribution >= 0.6 is 0 Å². The monoisotopic (exact) mass is 506 g/mol. The highest BCUT2D eigenvalue weighted by molar-refractivity contribution is 6.03. The maximum absolute atomic E-state index is 11.0. The molecule has 0 saturated carbocycles. The number of aliphatic hydroxyl groups excluding tert-OH is 2. The fraction of sp³-hybridized carbons (Fsp3) is 0.385. The van der Waals surface area contributed by atoms with Crippen LogP contribution in [0.3, 0.4) is 0 Å². The molecule has 0 amide bonds. The van der Waals surface area contributed by atoms with Crippen molar-refractivity contribution >= 4 is 23.9 Å². The molecule has 2 aromatic carbocycles. The number of aliphatic hydroxyl groups is 2. The zero-order valence-electron chi connectivity index (χ0n) is 20.4. The molecule has 0 radical (unpaired) electrons. The van der Waals surface area contributed by atoms with Gasteiger partial charge in [-0.05, 0) is 48.9 Å². The molecule has 0 spiro atoms. The second-order valence-electron chi connectivity index (χ2n) is 7.55. The molecule has 10 heteroatoms. The summed E-state index contributed by atoms with van der Waals surface area (Å²) < 4.78 is 0. The molecule has 0 heterocycles. The first kappa shape index (κ1) is 32.2. The number of carbonyl (C=O) groups is 4. The summed E-state index contributed by atoms with van der Waals surface area (Å²) in [6, 6.07) is 9.15. The Bertz CT molecular complexity index is 932. The molecule has 36 heavy (non-hydrogen) atoms. The molecule has 0 bridgehead atoms. The summed E-state index contributed by atoms with van der Waals surface area (Å²) in [5.74, 6) is -4.75. The maximum atomic E-state index is 11.0. The van der Waals surface area contributed by atoms with Crippen LogP contribution < -0.4 is 0 Å². The van der Waals surface area contributed by atoms with Crippen molar-refractivity contribution in [3.63, 3.8) is 0 Å². The molecule has 198 valence electrons. The number of aryl methyl sites for hydroxylation is 2. The first-order valence-electron chi connectivity index (χ1n) is 11.5. The number of hydrogen-bond donors (Lipinski definition) is 6. The Morgan fingerprint density at radius 1 is 0.583 bits per heavy atom. The number of benzene rings is 2. The third kappa shape index (κ3) is 10.7. The maximum Gasteiger partial charge on any atom is 0.336 e. The van der Waals surface area contributed by atoms with Crippen LogP contribution in [0.25, 0.3) is 0 Å². The molecule has 0 aromatic heterocycles. The van der Waals surface area contributed by atoms with Gasteiger partial charge in [0.2, 0.25) is 0 Å². The van der Waals surface area contributed by atoms with Gasteiger partial charge >= 0.3 is 23.9 Å². The lowest BCUT2D eigenvalue weighted by atomic mass is 9.97. The summed E-state index contributed by atoms with van der Waals surface area (Å²) >= 11 is 0. The Labute approximate surface area is 209 Å². The van der Waals surface area contributed by atoms with Crippen LogP contribution in [0, 0.1) is 0 Å². The van der Waals surface area contributed by atoms with Crippen LogP contribution in [0.15, 0.2) is 36.4 Å². The van der Waals surface area contributed by atoms with Crippen molar-refractivity contribution in [1.82, 2.24) is 0 Å². The Morgan fingerprint density at radius 2 is 0.917 bits per heavy atom. The van der Waals surface area contributed by atoms with E-state index in [1.807, 2.05) is 13.8 Å². The van der Waals surface area contributed by atoms with E-state index in [1.54, 1.807) is 24.3 Å². The molecule has 0 fully saturated rings. The largest absolute Gasteiger partial charge is 0.478 e. The molecule has 0 unspecified atom stereocenters. The molecule has 0 aliphatic carbocycles. The molecule has 0 aliphatic rings. The lowest BCUT2D eigenvalue weighted by Gasteiger charge is -2.08. The molecule has 0 saturated heterocycles. The van der Waals surface area contributed by atoms with Gasteiger partial charge in [-0.2, -0.15) is 0 Å². The fourth-order valence-corrected chi connectivity index (χ4v) is 3.21. The predicted octanol–water partition coefficient (Wildman–Crippen LogP) is 3.82. The summed E-state index contributed by atoms with van der Waals surface area (Å²) in [6.07, 6.45) is 4.78. The standard InChI is InChI=1S/2C12H14O4.C2H6O2/c2*1-2-3-5-8-6-4-7-9(11(13)14)10(8)12(15)16;3-1-2-4/h2*4,6-7H,2-3,5H2,1H3,(H,13,14)(H,15,16);3-4H,1-2H2. The van der Waals surface area contributed by atoms with Gasteiger partial charge in [0, 0.05) is 0 Å². The summed E-state index contributed by atoms with van der Waals surface area (Å²) in [5, 5.41) is 51.1. The second kappa shape index (κ2) is 17.6. The molecule has 10 nitrogen and oxygen atoms in total. The van der Waals surface area contributed by atoms with Gasteiger partial charge in [0.15, 0.2) is 0 Å². The smallest absolute Gasteiger partial charge is 0.336 e. The van der Waals surface area contributed by atoms with Crippen LogP contribution in [-0.2, 0) is 12.8 Å². The zero-order valence-corrected chi connectivity index (χ0v) is 20.4. The van der Waals surface area contributed by atoms with E-state index in [0.29, 0.717) is 24.0 Å². The molecule has 0 atom stereocenters. The van der Waals surface area contributed by atoms with E-state index in [4.69, 9.17) is 30.6 Å². The molecule has 2 rings (SSSR count). The quantitative estimate of drug-likeness (QED) is 0.261. The van der Waals surface area contributed by atoms with E-state index in [2.05, 4.69) is 0 Å². The van der Waals surface area contributed by atoms with Crippen molar-refractivity contribution in [3.05, 3.63) is 69.8 Å². The van der Waals surface area contributed by atoms with E-state index >= 15 is 0 Å². The van der Waals surface area contributed by atoms with Gasteiger partial charge in [-0.15, -0.1) is 0 Å². The molecular formula is C26H34O10. The van der Waals surface area contributed by atoms with E-state index in [-0.39, 0.29) is 35.5 Å². The van der Waals surface area contributed by atoms with Gasteiger partial charge in [0.25, 0.3) is 0 Å². The average Bonchev–Trinajstić information content (AvgIpc) is 2.85. The Balaban J connectivity index is 0.000000593. The summed E-state index contributed by atoms with van der Waals surface area (Å²) in [4.78, 5) is 43.9.